The van der Waals surface area contributed by atoms with Gasteiger partial charge in [0.15, 0.2) is 0 Å². The molecule has 0 fully saturated rings. The maximum Gasteiger partial charge on any atom is 0.253 e. The number of carbonyl (C=O) groups excluding carboxylic acids is 1. The van der Waals surface area contributed by atoms with Crippen LogP contribution < -0.4 is 10.2 Å². The van der Waals surface area contributed by atoms with Crippen LogP contribution in [0.1, 0.15) is 28.4 Å². The van der Waals surface area contributed by atoms with Crippen molar-refractivity contribution in [3.63, 3.8) is 0 Å². The molecule has 1 N–H and O–H groups in total. The van der Waals surface area contributed by atoms with E-state index >= 15 is 0 Å². The lowest BCUT2D eigenvalue weighted by Gasteiger charge is -2.25. The molecule has 1 unspecified atom stereocenters. The molecule has 2 aromatic carbocycles. The van der Waals surface area contributed by atoms with E-state index in [0.717, 1.165) is 17.7 Å². The Hall–Kier alpha value is -2.85. The predicted molar refractivity (Wildman–Crippen MR) is 109 cm³/mol. The van der Waals surface area contributed by atoms with Crippen molar-refractivity contribution in [1.29, 1.82) is 0 Å². The van der Waals surface area contributed by atoms with Gasteiger partial charge in [0.05, 0.1) is 17.4 Å². The van der Waals surface area contributed by atoms with Crippen LogP contribution in [0.4, 0.5) is 11.4 Å². The lowest BCUT2D eigenvalue weighted by Crippen LogP contribution is -2.26. The van der Waals surface area contributed by atoms with Crippen molar-refractivity contribution in [2.24, 2.45) is 0 Å². The molecule has 1 atom stereocenters. The number of hydrogen-bond acceptors (Lipinski definition) is 3. The molecule has 3 aromatic rings. The summed E-state index contributed by atoms with van der Waals surface area (Å²) in [5.74, 6) is -0.163. The van der Waals surface area contributed by atoms with Crippen LogP contribution in [-0.2, 0) is 13.0 Å². The molecule has 0 saturated heterocycles. The zero-order chi connectivity index (χ0) is 18.8. The van der Waals surface area contributed by atoms with Gasteiger partial charge in [0, 0.05) is 29.5 Å². The van der Waals surface area contributed by atoms with Crippen molar-refractivity contribution in [3.05, 3.63) is 88.7 Å². The number of nitrogens with one attached hydrogen (secondary N) is 1. The minimum Gasteiger partial charge on any atom is -0.348 e. The fraction of sp³-hybridized carbons (Fsp3) is 0.182. The number of nitrogens with zero attached hydrogens (tertiary/aromatic N) is 2. The van der Waals surface area contributed by atoms with Gasteiger partial charge in [-0.05, 0) is 42.7 Å². The molecule has 4 rings (SSSR count). The number of aromatic nitrogens is 1. The van der Waals surface area contributed by atoms with E-state index in [4.69, 9.17) is 11.6 Å². The van der Waals surface area contributed by atoms with Gasteiger partial charge in [-0.15, -0.1) is 0 Å². The number of anilines is 2. The molecule has 1 amide bonds. The van der Waals surface area contributed by atoms with Crippen molar-refractivity contribution in [2.75, 3.05) is 4.90 Å². The first kappa shape index (κ1) is 17.6. The van der Waals surface area contributed by atoms with Crippen LogP contribution >= 0.6 is 11.6 Å². The largest absolute Gasteiger partial charge is 0.348 e. The number of rotatable bonds is 4. The van der Waals surface area contributed by atoms with E-state index in [1.54, 1.807) is 6.20 Å². The summed E-state index contributed by atoms with van der Waals surface area (Å²) in [5, 5.41) is 3.57. The van der Waals surface area contributed by atoms with Crippen LogP contribution in [0.15, 0.2) is 67.0 Å². The molecular weight excluding hydrogens is 358 g/mol. The second kappa shape index (κ2) is 7.41. The van der Waals surface area contributed by atoms with E-state index < -0.39 is 0 Å². The van der Waals surface area contributed by atoms with Crippen LogP contribution in [0.25, 0.3) is 0 Å². The van der Waals surface area contributed by atoms with Crippen LogP contribution in [0, 0.1) is 0 Å². The van der Waals surface area contributed by atoms with E-state index in [0.29, 0.717) is 23.2 Å². The highest BCUT2D eigenvalue weighted by Crippen LogP contribution is 2.37. The van der Waals surface area contributed by atoms with Crippen molar-refractivity contribution in [1.82, 2.24) is 10.3 Å². The number of fused-ring (bicyclic) bond motifs is 1. The van der Waals surface area contributed by atoms with Gasteiger partial charge in [0.1, 0.15) is 0 Å². The standard InChI is InChI=1S/C22H20ClN3O/c1-15-10-16-6-3-5-9-21(16)26(15)19-11-18(12-24-14-19)22(27)25-13-17-7-2-4-8-20(17)23/h2-9,11-12,14-15H,10,13H2,1H3,(H,25,27). The lowest BCUT2D eigenvalue weighted by molar-refractivity contribution is 0.0950. The summed E-state index contributed by atoms with van der Waals surface area (Å²) >= 11 is 6.16. The Morgan fingerprint density at radius 3 is 2.81 bits per heavy atom. The smallest absolute Gasteiger partial charge is 0.253 e. The van der Waals surface area contributed by atoms with Gasteiger partial charge in [-0.25, -0.2) is 0 Å². The molecule has 27 heavy (non-hydrogen) atoms. The Balaban J connectivity index is 1.54. The lowest BCUT2D eigenvalue weighted by atomic mass is 10.1. The molecule has 2 heterocycles. The fourth-order valence-electron chi connectivity index (χ4n) is 3.56. The summed E-state index contributed by atoms with van der Waals surface area (Å²) in [4.78, 5) is 19.2. The third-order valence-electron chi connectivity index (χ3n) is 4.87. The van der Waals surface area contributed by atoms with Crippen LogP contribution in [0.3, 0.4) is 0 Å². The molecule has 0 saturated carbocycles. The van der Waals surface area contributed by atoms with Gasteiger partial charge < -0.3 is 10.2 Å². The Bertz CT molecular complexity index is 989. The van der Waals surface area contributed by atoms with Gasteiger partial charge in [-0.3, -0.25) is 9.78 Å². The number of carbonyl (C=O) groups is 1. The monoisotopic (exact) mass is 377 g/mol. The summed E-state index contributed by atoms with van der Waals surface area (Å²) in [7, 11) is 0. The molecule has 0 spiro atoms. The first-order valence-corrected chi connectivity index (χ1v) is 9.35. The molecule has 136 valence electrons. The van der Waals surface area contributed by atoms with Gasteiger partial charge in [-0.1, -0.05) is 48.0 Å². The summed E-state index contributed by atoms with van der Waals surface area (Å²) in [6.07, 6.45) is 4.39. The highest BCUT2D eigenvalue weighted by atomic mass is 35.5. The first-order chi connectivity index (χ1) is 13.1. The maximum atomic E-state index is 12.6. The molecule has 1 aliphatic rings. The van der Waals surface area contributed by atoms with E-state index in [1.807, 2.05) is 42.6 Å². The number of amides is 1. The van der Waals surface area contributed by atoms with Gasteiger partial charge in [0.25, 0.3) is 5.91 Å². The van der Waals surface area contributed by atoms with Crippen LogP contribution in [0.2, 0.25) is 5.02 Å². The minimum absolute atomic E-state index is 0.163. The average molecular weight is 378 g/mol. The van der Waals surface area contributed by atoms with Crippen molar-refractivity contribution in [3.8, 4) is 0 Å². The zero-order valence-corrected chi connectivity index (χ0v) is 15.8. The second-order valence-corrected chi connectivity index (χ2v) is 7.16. The van der Waals surface area contributed by atoms with Crippen molar-refractivity contribution >= 4 is 28.9 Å². The molecule has 0 aliphatic carbocycles. The third-order valence-corrected chi connectivity index (χ3v) is 5.24. The Morgan fingerprint density at radius 1 is 1.19 bits per heavy atom. The van der Waals surface area contributed by atoms with Crippen molar-refractivity contribution in [2.45, 2.75) is 25.9 Å². The van der Waals surface area contributed by atoms with E-state index in [1.165, 1.54) is 11.3 Å². The second-order valence-electron chi connectivity index (χ2n) is 6.76. The Morgan fingerprint density at radius 2 is 1.96 bits per heavy atom. The normalized spacial score (nSPS) is 15.5. The fourth-order valence-corrected chi connectivity index (χ4v) is 3.76. The predicted octanol–water partition coefficient (Wildman–Crippen LogP) is 4.75. The summed E-state index contributed by atoms with van der Waals surface area (Å²) in [5.41, 5.74) is 4.85. The summed E-state index contributed by atoms with van der Waals surface area (Å²) in [6, 6.07) is 18.1. The van der Waals surface area contributed by atoms with Crippen LogP contribution in [-0.4, -0.2) is 16.9 Å². The number of pyridine rings is 1. The zero-order valence-electron chi connectivity index (χ0n) is 15.0. The number of hydrogen-bond donors (Lipinski definition) is 1. The average Bonchev–Trinajstić information content (AvgIpc) is 3.03. The van der Waals surface area contributed by atoms with E-state index in [9.17, 15) is 4.79 Å². The number of benzene rings is 2. The van der Waals surface area contributed by atoms with E-state index in [2.05, 4.69) is 40.3 Å². The summed E-state index contributed by atoms with van der Waals surface area (Å²) < 4.78 is 0. The van der Waals surface area contributed by atoms with Crippen molar-refractivity contribution < 1.29 is 4.79 Å². The topological polar surface area (TPSA) is 45.2 Å². The van der Waals surface area contributed by atoms with E-state index in [-0.39, 0.29) is 5.91 Å². The molecular formula is C22H20ClN3O. The Kier molecular flexibility index (Phi) is 4.82. The molecule has 0 bridgehead atoms. The number of halogens is 1. The quantitative estimate of drug-likeness (QED) is 0.713. The Labute approximate surface area is 163 Å². The first-order valence-electron chi connectivity index (χ1n) is 8.97. The molecule has 1 aromatic heterocycles. The minimum atomic E-state index is -0.163. The molecule has 1 aliphatic heterocycles. The van der Waals surface area contributed by atoms with Gasteiger partial charge in [0.2, 0.25) is 0 Å². The van der Waals surface area contributed by atoms with Gasteiger partial charge in [-0.2, -0.15) is 0 Å². The number of para-hydroxylation sites is 1. The molecule has 4 nitrogen and oxygen atoms in total. The molecule has 5 heteroatoms. The molecule has 0 radical (unpaired) electrons. The maximum absolute atomic E-state index is 12.6. The third kappa shape index (κ3) is 3.53. The van der Waals surface area contributed by atoms with Gasteiger partial charge >= 0.3 is 0 Å². The SMILES string of the molecule is CC1Cc2ccccc2N1c1cncc(C(=O)NCc2ccccc2Cl)c1. The highest BCUT2D eigenvalue weighted by molar-refractivity contribution is 6.31. The summed E-state index contributed by atoms with van der Waals surface area (Å²) in [6.45, 7) is 2.57. The highest BCUT2D eigenvalue weighted by Gasteiger charge is 2.27. The van der Waals surface area contributed by atoms with Crippen LogP contribution in [0.5, 0.6) is 0 Å².